The number of nitrogens with one attached hydrogen (secondary N) is 1. The Bertz CT molecular complexity index is 303. The Balaban J connectivity index is 1.80. The molecule has 0 radical (unpaired) electrons. The summed E-state index contributed by atoms with van der Waals surface area (Å²) in [6, 6.07) is 0. The SMILES string of the molecule is CC(C)(C)C1CCN(CC(=O)N2CCCNCC2)C1. The van der Waals surface area contributed by atoms with Gasteiger partial charge in [-0.1, -0.05) is 20.8 Å². The summed E-state index contributed by atoms with van der Waals surface area (Å²) in [7, 11) is 0. The molecule has 110 valence electrons. The number of hydrogen-bond donors (Lipinski definition) is 1. The van der Waals surface area contributed by atoms with E-state index in [1.165, 1.54) is 6.42 Å². The van der Waals surface area contributed by atoms with Gasteiger partial charge in [-0.3, -0.25) is 9.69 Å². The van der Waals surface area contributed by atoms with Gasteiger partial charge in [-0.2, -0.15) is 0 Å². The quantitative estimate of drug-likeness (QED) is 0.816. The van der Waals surface area contributed by atoms with E-state index in [4.69, 9.17) is 0 Å². The number of carbonyl (C=O) groups is 1. The van der Waals surface area contributed by atoms with Crippen LogP contribution in [0.3, 0.4) is 0 Å². The Labute approximate surface area is 117 Å². The minimum absolute atomic E-state index is 0.318. The molecule has 0 aromatic heterocycles. The lowest BCUT2D eigenvalue weighted by atomic mass is 9.80. The lowest BCUT2D eigenvalue weighted by Crippen LogP contribution is -2.41. The second-order valence-electron chi connectivity index (χ2n) is 7.07. The van der Waals surface area contributed by atoms with E-state index in [9.17, 15) is 4.79 Å². The van der Waals surface area contributed by atoms with Crippen molar-refractivity contribution in [2.24, 2.45) is 11.3 Å². The molecule has 1 amide bonds. The highest BCUT2D eigenvalue weighted by Gasteiger charge is 2.32. The Morgan fingerprint density at radius 2 is 2.00 bits per heavy atom. The summed E-state index contributed by atoms with van der Waals surface area (Å²) in [5, 5.41) is 3.35. The van der Waals surface area contributed by atoms with E-state index in [0.717, 1.165) is 51.6 Å². The number of carbonyl (C=O) groups excluding carboxylic acids is 1. The predicted molar refractivity (Wildman–Crippen MR) is 78.1 cm³/mol. The van der Waals surface area contributed by atoms with Gasteiger partial charge in [0.25, 0.3) is 0 Å². The van der Waals surface area contributed by atoms with Crippen molar-refractivity contribution in [2.45, 2.75) is 33.6 Å². The van der Waals surface area contributed by atoms with E-state index in [1.54, 1.807) is 0 Å². The maximum Gasteiger partial charge on any atom is 0.236 e. The van der Waals surface area contributed by atoms with Gasteiger partial charge >= 0.3 is 0 Å². The van der Waals surface area contributed by atoms with Crippen LogP contribution in [0, 0.1) is 11.3 Å². The molecule has 0 bridgehead atoms. The van der Waals surface area contributed by atoms with Crippen molar-refractivity contribution in [1.29, 1.82) is 0 Å². The molecule has 1 unspecified atom stereocenters. The van der Waals surface area contributed by atoms with Gasteiger partial charge < -0.3 is 10.2 Å². The Kier molecular flexibility index (Phi) is 4.85. The van der Waals surface area contributed by atoms with Gasteiger partial charge in [0.05, 0.1) is 6.54 Å². The molecule has 0 saturated carbocycles. The van der Waals surface area contributed by atoms with Gasteiger partial charge in [-0.15, -0.1) is 0 Å². The molecular weight excluding hydrogens is 238 g/mol. The van der Waals surface area contributed by atoms with Crippen LogP contribution in [0.5, 0.6) is 0 Å². The molecule has 19 heavy (non-hydrogen) atoms. The highest BCUT2D eigenvalue weighted by Crippen LogP contribution is 2.33. The van der Waals surface area contributed by atoms with Crippen LogP contribution in [0.1, 0.15) is 33.6 Å². The van der Waals surface area contributed by atoms with Gasteiger partial charge in [0.15, 0.2) is 0 Å². The van der Waals surface area contributed by atoms with Crippen molar-refractivity contribution >= 4 is 5.91 Å². The molecule has 0 aromatic carbocycles. The van der Waals surface area contributed by atoms with Crippen molar-refractivity contribution < 1.29 is 4.79 Å². The van der Waals surface area contributed by atoms with Crippen LogP contribution in [-0.2, 0) is 4.79 Å². The van der Waals surface area contributed by atoms with E-state index >= 15 is 0 Å². The largest absolute Gasteiger partial charge is 0.340 e. The Morgan fingerprint density at radius 1 is 1.21 bits per heavy atom. The first-order chi connectivity index (χ1) is 8.97. The summed E-state index contributed by atoms with van der Waals surface area (Å²) in [5.74, 6) is 1.05. The molecule has 2 fully saturated rings. The molecule has 2 heterocycles. The van der Waals surface area contributed by atoms with E-state index < -0.39 is 0 Å². The van der Waals surface area contributed by atoms with Gasteiger partial charge in [0.1, 0.15) is 0 Å². The molecule has 2 aliphatic heterocycles. The minimum atomic E-state index is 0.318. The summed E-state index contributed by atoms with van der Waals surface area (Å²) < 4.78 is 0. The summed E-state index contributed by atoms with van der Waals surface area (Å²) in [6.45, 7) is 13.5. The molecule has 0 spiro atoms. The molecular formula is C15H29N3O. The Morgan fingerprint density at radius 3 is 2.68 bits per heavy atom. The normalized spacial score (nSPS) is 26.5. The van der Waals surface area contributed by atoms with E-state index in [1.807, 2.05) is 4.90 Å². The third kappa shape index (κ3) is 4.18. The average molecular weight is 267 g/mol. The first-order valence-corrected chi connectivity index (χ1v) is 7.67. The third-order valence-electron chi connectivity index (χ3n) is 4.55. The van der Waals surface area contributed by atoms with Gasteiger partial charge in [0.2, 0.25) is 5.91 Å². The fourth-order valence-electron chi connectivity index (χ4n) is 3.07. The maximum atomic E-state index is 12.3. The molecule has 2 aliphatic rings. The smallest absolute Gasteiger partial charge is 0.236 e. The van der Waals surface area contributed by atoms with Crippen molar-refractivity contribution in [1.82, 2.24) is 15.1 Å². The number of rotatable bonds is 2. The molecule has 2 rings (SSSR count). The second kappa shape index (κ2) is 6.23. The zero-order valence-electron chi connectivity index (χ0n) is 12.7. The van der Waals surface area contributed by atoms with Crippen LogP contribution < -0.4 is 5.32 Å². The zero-order chi connectivity index (χ0) is 13.9. The summed E-state index contributed by atoms with van der Waals surface area (Å²) in [4.78, 5) is 16.7. The molecule has 0 aliphatic carbocycles. The molecule has 1 N–H and O–H groups in total. The number of hydrogen-bond acceptors (Lipinski definition) is 3. The van der Waals surface area contributed by atoms with Crippen LogP contribution >= 0.6 is 0 Å². The van der Waals surface area contributed by atoms with E-state index in [0.29, 0.717) is 17.9 Å². The van der Waals surface area contributed by atoms with Crippen molar-refractivity contribution in [3.8, 4) is 0 Å². The molecule has 4 nitrogen and oxygen atoms in total. The number of amides is 1. The highest BCUT2D eigenvalue weighted by atomic mass is 16.2. The van der Waals surface area contributed by atoms with E-state index in [-0.39, 0.29) is 0 Å². The molecule has 1 atom stereocenters. The zero-order valence-corrected chi connectivity index (χ0v) is 12.7. The topological polar surface area (TPSA) is 35.6 Å². The van der Waals surface area contributed by atoms with Crippen molar-refractivity contribution in [3.05, 3.63) is 0 Å². The number of nitrogens with zero attached hydrogens (tertiary/aromatic N) is 2. The van der Waals surface area contributed by atoms with Gasteiger partial charge in [0, 0.05) is 26.2 Å². The second-order valence-corrected chi connectivity index (χ2v) is 7.07. The van der Waals surface area contributed by atoms with Crippen LogP contribution in [-0.4, -0.2) is 61.5 Å². The summed E-state index contributed by atoms with van der Waals surface area (Å²) >= 11 is 0. The van der Waals surface area contributed by atoms with Gasteiger partial charge in [-0.25, -0.2) is 0 Å². The first kappa shape index (κ1) is 14.8. The van der Waals surface area contributed by atoms with Crippen LogP contribution in [0.15, 0.2) is 0 Å². The lowest BCUT2D eigenvalue weighted by molar-refractivity contribution is -0.132. The number of likely N-dealkylation sites (tertiary alicyclic amines) is 1. The van der Waals surface area contributed by atoms with Crippen LogP contribution in [0.4, 0.5) is 0 Å². The molecule has 4 heteroatoms. The van der Waals surface area contributed by atoms with E-state index in [2.05, 4.69) is 31.0 Å². The lowest BCUT2D eigenvalue weighted by Gasteiger charge is -2.28. The highest BCUT2D eigenvalue weighted by molar-refractivity contribution is 5.78. The summed E-state index contributed by atoms with van der Waals surface area (Å²) in [6.07, 6.45) is 2.31. The first-order valence-electron chi connectivity index (χ1n) is 7.67. The monoisotopic (exact) mass is 267 g/mol. The molecule has 0 aromatic rings. The van der Waals surface area contributed by atoms with Crippen LogP contribution in [0.25, 0.3) is 0 Å². The standard InChI is InChI=1S/C15H29N3O/c1-15(2,3)13-5-9-17(11-13)12-14(19)18-8-4-6-16-7-10-18/h13,16H,4-12H2,1-3H3. The van der Waals surface area contributed by atoms with Gasteiger partial charge in [-0.05, 0) is 37.3 Å². The Hall–Kier alpha value is -0.610. The fraction of sp³-hybridized carbons (Fsp3) is 0.933. The van der Waals surface area contributed by atoms with Crippen LogP contribution in [0.2, 0.25) is 0 Å². The average Bonchev–Trinajstić information content (AvgIpc) is 2.63. The third-order valence-corrected chi connectivity index (χ3v) is 4.55. The minimum Gasteiger partial charge on any atom is -0.340 e. The fourth-order valence-corrected chi connectivity index (χ4v) is 3.07. The van der Waals surface area contributed by atoms with Crippen molar-refractivity contribution in [3.63, 3.8) is 0 Å². The predicted octanol–water partition coefficient (Wildman–Crippen LogP) is 1.18. The maximum absolute atomic E-state index is 12.3. The summed E-state index contributed by atoms with van der Waals surface area (Å²) in [5.41, 5.74) is 0.365. The van der Waals surface area contributed by atoms with Crippen molar-refractivity contribution in [2.75, 3.05) is 45.8 Å². The molecule has 2 saturated heterocycles.